The van der Waals surface area contributed by atoms with Crippen LogP contribution in [0.1, 0.15) is 29.4 Å². The molecule has 0 atom stereocenters. The number of rotatable bonds is 8. The Morgan fingerprint density at radius 3 is 2.16 bits per heavy atom. The van der Waals surface area contributed by atoms with Crippen molar-refractivity contribution in [3.05, 3.63) is 65.0 Å². The van der Waals surface area contributed by atoms with Crippen LogP contribution in [-0.4, -0.2) is 32.3 Å². The maximum atomic E-state index is 12.4. The van der Waals surface area contributed by atoms with Gasteiger partial charge in [0.15, 0.2) is 5.16 Å². The molecule has 0 radical (unpaired) electrons. The lowest BCUT2D eigenvalue weighted by atomic mass is 10.1. The first-order valence-corrected chi connectivity index (χ1v) is 11.1. The maximum absolute atomic E-state index is 12.4. The van der Waals surface area contributed by atoms with Crippen LogP contribution in [0, 0.1) is 20.8 Å². The lowest BCUT2D eigenvalue weighted by Gasteiger charge is -2.09. The van der Waals surface area contributed by atoms with Gasteiger partial charge in [-0.3, -0.25) is 9.59 Å². The average molecular weight is 438 g/mol. The first-order chi connectivity index (χ1) is 14.8. The second-order valence-corrected chi connectivity index (χ2v) is 8.39. The summed E-state index contributed by atoms with van der Waals surface area (Å²) in [5.41, 5.74) is 4.86. The van der Waals surface area contributed by atoms with Crippen LogP contribution in [0.25, 0.3) is 0 Å². The monoisotopic (exact) mass is 437 g/mol. The zero-order valence-electron chi connectivity index (χ0n) is 18.2. The number of hydrogen-bond acceptors (Lipinski definition) is 5. The third-order valence-corrected chi connectivity index (χ3v) is 5.57. The number of nitrogens with one attached hydrogen (secondary N) is 2. The summed E-state index contributed by atoms with van der Waals surface area (Å²) in [6, 6.07) is 13.6. The molecule has 3 rings (SSSR count). The first kappa shape index (κ1) is 22.6. The molecule has 0 saturated carbocycles. The van der Waals surface area contributed by atoms with Crippen LogP contribution < -0.4 is 10.6 Å². The Morgan fingerprint density at radius 2 is 1.52 bits per heavy atom. The van der Waals surface area contributed by atoms with Gasteiger partial charge in [0.05, 0.1) is 12.2 Å². The second-order valence-electron chi connectivity index (χ2n) is 7.45. The Hall–Kier alpha value is -3.13. The molecule has 0 aliphatic rings. The fraction of sp³-hybridized carbons (Fsp3) is 0.304. The Bertz CT molecular complexity index is 1060. The Morgan fingerprint density at radius 1 is 0.871 bits per heavy atom. The molecule has 0 unspecified atom stereocenters. The zero-order chi connectivity index (χ0) is 22.4. The summed E-state index contributed by atoms with van der Waals surface area (Å²) in [6.07, 6.45) is 0.115. The fourth-order valence-electron chi connectivity index (χ4n) is 3.23. The quantitative estimate of drug-likeness (QED) is 0.517. The molecule has 1 heterocycles. The van der Waals surface area contributed by atoms with Crippen LogP contribution in [0.5, 0.6) is 0 Å². The van der Waals surface area contributed by atoms with E-state index in [2.05, 4.69) is 26.9 Å². The van der Waals surface area contributed by atoms with Crippen LogP contribution >= 0.6 is 11.8 Å². The van der Waals surface area contributed by atoms with Crippen molar-refractivity contribution in [1.29, 1.82) is 0 Å². The predicted molar refractivity (Wildman–Crippen MR) is 124 cm³/mol. The molecule has 162 valence electrons. The lowest BCUT2D eigenvalue weighted by Crippen LogP contribution is -2.18. The summed E-state index contributed by atoms with van der Waals surface area (Å²) < 4.78 is 1.86. The number of hydrogen-bond donors (Lipinski definition) is 2. The molecule has 0 aliphatic carbocycles. The number of benzene rings is 2. The summed E-state index contributed by atoms with van der Waals surface area (Å²) in [6.45, 7) is 8.57. The van der Waals surface area contributed by atoms with Gasteiger partial charge in [-0.05, 0) is 63.1 Å². The van der Waals surface area contributed by atoms with Gasteiger partial charge in [-0.1, -0.05) is 35.5 Å². The standard InChI is InChI=1S/C23H27N5O2S/c1-5-28-20(13-21(29)24-18-8-6-15(2)7-9-18)26-27-23(28)31-14-22(30)25-19-11-16(3)10-17(4)12-19/h6-12H,5,13-14H2,1-4H3,(H,24,29)(H,25,30). The van der Waals surface area contributed by atoms with Crippen LogP contribution in [0.3, 0.4) is 0 Å². The molecule has 2 amide bonds. The van der Waals surface area contributed by atoms with Crippen molar-refractivity contribution in [3.63, 3.8) is 0 Å². The van der Waals surface area contributed by atoms with Crippen LogP contribution in [0.4, 0.5) is 11.4 Å². The molecule has 31 heavy (non-hydrogen) atoms. The van der Waals surface area contributed by atoms with Gasteiger partial charge in [0.1, 0.15) is 5.82 Å². The molecule has 7 nitrogen and oxygen atoms in total. The molecule has 8 heteroatoms. The summed E-state index contributed by atoms with van der Waals surface area (Å²) in [5, 5.41) is 14.8. The van der Waals surface area contributed by atoms with Gasteiger partial charge in [-0.2, -0.15) is 0 Å². The summed E-state index contributed by atoms with van der Waals surface area (Å²) in [5.74, 6) is 0.513. The predicted octanol–water partition coefficient (Wildman–Crippen LogP) is 4.14. The average Bonchev–Trinajstić information content (AvgIpc) is 3.08. The minimum absolute atomic E-state index is 0.112. The van der Waals surface area contributed by atoms with E-state index in [1.165, 1.54) is 11.8 Å². The van der Waals surface area contributed by atoms with E-state index in [-0.39, 0.29) is 24.0 Å². The van der Waals surface area contributed by atoms with Crippen molar-refractivity contribution in [3.8, 4) is 0 Å². The van der Waals surface area contributed by atoms with E-state index in [0.717, 1.165) is 28.1 Å². The number of carbonyl (C=O) groups is 2. The zero-order valence-corrected chi connectivity index (χ0v) is 19.0. The molecule has 2 N–H and O–H groups in total. The van der Waals surface area contributed by atoms with Gasteiger partial charge < -0.3 is 15.2 Å². The molecule has 0 aliphatic heterocycles. The van der Waals surface area contributed by atoms with E-state index in [1.54, 1.807) is 0 Å². The van der Waals surface area contributed by atoms with Gasteiger partial charge in [0.25, 0.3) is 0 Å². The van der Waals surface area contributed by atoms with E-state index in [4.69, 9.17) is 0 Å². The molecule has 2 aromatic carbocycles. The first-order valence-electron chi connectivity index (χ1n) is 10.1. The number of aryl methyl sites for hydroxylation is 3. The van der Waals surface area contributed by atoms with E-state index in [9.17, 15) is 9.59 Å². The van der Waals surface area contributed by atoms with Crippen molar-refractivity contribution in [2.75, 3.05) is 16.4 Å². The molecule has 0 bridgehead atoms. The van der Waals surface area contributed by atoms with Crippen LogP contribution in [-0.2, 0) is 22.6 Å². The fourth-order valence-corrected chi connectivity index (χ4v) is 4.06. The van der Waals surface area contributed by atoms with Crippen LogP contribution in [0.15, 0.2) is 47.6 Å². The molecular formula is C23H27N5O2S. The smallest absolute Gasteiger partial charge is 0.234 e. The van der Waals surface area contributed by atoms with E-state index in [0.29, 0.717) is 17.5 Å². The van der Waals surface area contributed by atoms with E-state index < -0.39 is 0 Å². The number of nitrogens with zero attached hydrogens (tertiary/aromatic N) is 3. The largest absolute Gasteiger partial charge is 0.326 e. The number of aromatic nitrogens is 3. The molecular weight excluding hydrogens is 410 g/mol. The van der Waals surface area contributed by atoms with E-state index >= 15 is 0 Å². The third-order valence-electron chi connectivity index (χ3n) is 4.60. The minimum Gasteiger partial charge on any atom is -0.326 e. The number of anilines is 2. The van der Waals surface area contributed by atoms with E-state index in [1.807, 2.05) is 68.7 Å². The van der Waals surface area contributed by atoms with Gasteiger partial charge in [0, 0.05) is 17.9 Å². The van der Waals surface area contributed by atoms with Gasteiger partial charge in [0.2, 0.25) is 11.8 Å². The Balaban J connectivity index is 1.58. The van der Waals surface area contributed by atoms with Gasteiger partial charge >= 0.3 is 0 Å². The highest BCUT2D eigenvalue weighted by Gasteiger charge is 2.16. The summed E-state index contributed by atoms with van der Waals surface area (Å²) in [4.78, 5) is 24.8. The van der Waals surface area contributed by atoms with Crippen molar-refractivity contribution < 1.29 is 9.59 Å². The van der Waals surface area contributed by atoms with Gasteiger partial charge in [-0.15, -0.1) is 10.2 Å². The SMILES string of the molecule is CCn1c(CC(=O)Nc2ccc(C)cc2)nnc1SCC(=O)Nc1cc(C)cc(C)c1. The normalized spacial score (nSPS) is 10.7. The van der Waals surface area contributed by atoms with Gasteiger partial charge in [-0.25, -0.2) is 0 Å². The maximum Gasteiger partial charge on any atom is 0.234 e. The number of thioether (sulfide) groups is 1. The van der Waals surface area contributed by atoms with Crippen molar-refractivity contribution in [2.45, 2.75) is 45.8 Å². The molecule has 1 aromatic heterocycles. The van der Waals surface area contributed by atoms with Crippen molar-refractivity contribution >= 4 is 35.0 Å². The topological polar surface area (TPSA) is 88.9 Å². The Labute approximate surface area is 186 Å². The second kappa shape index (κ2) is 10.3. The molecule has 0 fully saturated rings. The highest BCUT2D eigenvalue weighted by atomic mass is 32.2. The summed E-state index contributed by atoms with van der Waals surface area (Å²) in [7, 11) is 0. The molecule has 3 aromatic rings. The van der Waals surface area contributed by atoms with Crippen LogP contribution in [0.2, 0.25) is 0 Å². The van der Waals surface area contributed by atoms with Crippen molar-refractivity contribution in [1.82, 2.24) is 14.8 Å². The molecule has 0 spiro atoms. The van der Waals surface area contributed by atoms with Crippen molar-refractivity contribution in [2.24, 2.45) is 0 Å². The Kier molecular flexibility index (Phi) is 7.46. The molecule has 0 saturated heterocycles. The summed E-state index contributed by atoms with van der Waals surface area (Å²) >= 11 is 1.31. The highest BCUT2D eigenvalue weighted by molar-refractivity contribution is 7.99. The lowest BCUT2D eigenvalue weighted by molar-refractivity contribution is -0.116. The third kappa shape index (κ3) is 6.42. The number of carbonyl (C=O) groups excluding carboxylic acids is 2. The highest BCUT2D eigenvalue weighted by Crippen LogP contribution is 2.19. The minimum atomic E-state index is -0.157. The number of amides is 2.